The molecule has 0 aliphatic carbocycles. The van der Waals surface area contributed by atoms with Crippen LogP contribution in [-0.4, -0.2) is 37.9 Å². The Bertz CT molecular complexity index is 1490. The lowest BCUT2D eigenvalue weighted by atomic mass is 9.92. The summed E-state index contributed by atoms with van der Waals surface area (Å²) in [6, 6.07) is 8.91. The molecule has 1 aliphatic rings. The summed E-state index contributed by atoms with van der Waals surface area (Å²) in [4.78, 5) is 19.0. The van der Waals surface area contributed by atoms with Gasteiger partial charge in [-0.15, -0.1) is 0 Å². The van der Waals surface area contributed by atoms with Crippen molar-refractivity contribution in [3.8, 4) is 11.3 Å². The number of likely N-dealkylation sites (tertiary alicyclic amines) is 1. The highest BCUT2D eigenvalue weighted by Crippen LogP contribution is 2.37. The molecule has 6 nitrogen and oxygen atoms in total. The van der Waals surface area contributed by atoms with Crippen LogP contribution in [0.4, 0.5) is 37.8 Å². The van der Waals surface area contributed by atoms with E-state index in [-0.39, 0.29) is 16.9 Å². The van der Waals surface area contributed by atoms with Crippen LogP contribution in [0.25, 0.3) is 22.2 Å². The van der Waals surface area contributed by atoms with E-state index in [0.717, 1.165) is 37.8 Å². The minimum Gasteiger partial charge on any atom is -0.338 e. The quantitative estimate of drug-likeness (QED) is 0.258. The second kappa shape index (κ2) is 10.6. The van der Waals surface area contributed by atoms with E-state index >= 15 is 0 Å². The summed E-state index contributed by atoms with van der Waals surface area (Å²) in [6.45, 7) is 6.45. The summed E-state index contributed by atoms with van der Waals surface area (Å²) in [6.07, 6.45) is -5.71. The molecule has 40 heavy (non-hydrogen) atoms. The second-order valence-corrected chi connectivity index (χ2v) is 10.3. The van der Waals surface area contributed by atoms with Crippen molar-refractivity contribution in [3.63, 3.8) is 0 Å². The fourth-order valence-electron chi connectivity index (χ4n) is 5.25. The Hall–Kier alpha value is -3.80. The molecular weight excluding hydrogens is 534 g/mol. The zero-order chi connectivity index (χ0) is 28.7. The van der Waals surface area contributed by atoms with Gasteiger partial charge in [0.1, 0.15) is 17.3 Å². The van der Waals surface area contributed by atoms with Gasteiger partial charge in [-0.1, -0.05) is 19.9 Å². The van der Waals surface area contributed by atoms with Crippen molar-refractivity contribution in [2.24, 2.45) is 11.8 Å². The van der Waals surface area contributed by atoms with Gasteiger partial charge < -0.3 is 5.32 Å². The molecule has 0 radical (unpaired) electrons. The molecule has 12 heteroatoms. The van der Waals surface area contributed by atoms with Gasteiger partial charge in [0.2, 0.25) is 0 Å². The lowest BCUT2D eigenvalue weighted by Gasteiger charge is -2.34. The standard InChI is InChI=1S/C28H26F6N6/c1-16-10-17(2)14-40(13-16)15-24-38-22-11-18(25-21(27(29,30)31)4-3-9-35-25)5-7-20(22)26(39-24)37-19-6-8-23(36-12-19)28(32,33)34/h3-9,11-12,16-17H,10,13-15H2,1-2H3,(H,37,38,39). The molecule has 4 aromatic rings. The normalized spacial score (nSPS) is 18.7. The summed E-state index contributed by atoms with van der Waals surface area (Å²) in [5.74, 6) is 1.71. The topological polar surface area (TPSA) is 66.8 Å². The molecule has 1 fully saturated rings. The Morgan fingerprint density at radius 3 is 2.30 bits per heavy atom. The highest BCUT2D eigenvalue weighted by molar-refractivity contribution is 5.93. The maximum Gasteiger partial charge on any atom is 0.433 e. The highest BCUT2D eigenvalue weighted by Gasteiger charge is 2.34. The number of alkyl halides is 6. The van der Waals surface area contributed by atoms with E-state index in [0.29, 0.717) is 40.9 Å². The van der Waals surface area contributed by atoms with Gasteiger partial charge in [-0.05, 0) is 54.7 Å². The Kier molecular flexibility index (Phi) is 7.38. The minimum atomic E-state index is -4.60. The molecular formula is C28H26F6N6. The number of pyridine rings is 2. The number of hydrogen-bond acceptors (Lipinski definition) is 6. The molecule has 1 aromatic carbocycles. The van der Waals surface area contributed by atoms with Crippen molar-refractivity contribution in [1.82, 2.24) is 24.8 Å². The first-order valence-corrected chi connectivity index (χ1v) is 12.7. The average molecular weight is 561 g/mol. The number of nitrogens with zero attached hydrogens (tertiary/aromatic N) is 5. The molecule has 0 saturated carbocycles. The smallest absolute Gasteiger partial charge is 0.338 e. The first-order valence-electron chi connectivity index (χ1n) is 12.7. The van der Waals surface area contributed by atoms with Crippen LogP contribution in [0.2, 0.25) is 0 Å². The van der Waals surface area contributed by atoms with Gasteiger partial charge in [0.05, 0.1) is 35.2 Å². The predicted octanol–water partition coefficient (Wildman–Crippen LogP) is 7.35. The van der Waals surface area contributed by atoms with Crippen LogP contribution in [-0.2, 0) is 18.9 Å². The molecule has 0 spiro atoms. The number of nitrogens with one attached hydrogen (secondary N) is 1. The van der Waals surface area contributed by atoms with Crippen molar-refractivity contribution in [3.05, 3.63) is 71.9 Å². The third-order valence-corrected chi connectivity index (χ3v) is 6.76. The number of hydrogen-bond donors (Lipinski definition) is 1. The zero-order valence-corrected chi connectivity index (χ0v) is 21.7. The van der Waals surface area contributed by atoms with Gasteiger partial charge in [-0.2, -0.15) is 26.3 Å². The lowest BCUT2D eigenvalue weighted by molar-refractivity contribution is -0.141. The summed E-state index contributed by atoms with van der Waals surface area (Å²) in [7, 11) is 0. The number of aromatic nitrogens is 4. The predicted molar refractivity (Wildman–Crippen MR) is 139 cm³/mol. The third kappa shape index (κ3) is 6.16. The number of benzene rings is 1. The maximum atomic E-state index is 13.7. The molecule has 210 valence electrons. The zero-order valence-electron chi connectivity index (χ0n) is 21.7. The van der Waals surface area contributed by atoms with Crippen LogP contribution in [0.15, 0.2) is 54.9 Å². The van der Waals surface area contributed by atoms with Crippen molar-refractivity contribution in [1.29, 1.82) is 0 Å². The number of rotatable bonds is 5. The third-order valence-electron chi connectivity index (χ3n) is 6.76. The number of fused-ring (bicyclic) bond motifs is 1. The molecule has 1 saturated heterocycles. The van der Waals surface area contributed by atoms with Crippen molar-refractivity contribution >= 4 is 22.4 Å². The Labute approximate surface area is 226 Å². The fourth-order valence-corrected chi connectivity index (χ4v) is 5.25. The molecule has 4 heterocycles. The lowest BCUT2D eigenvalue weighted by Crippen LogP contribution is -2.38. The van der Waals surface area contributed by atoms with E-state index in [1.165, 1.54) is 30.5 Å². The van der Waals surface area contributed by atoms with Crippen molar-refractivity contribution in [2.45, 2.75) is 39.2 Å². The van der Waals surface area contributed by atoms with Gasteiger partial charge in [0.25, 0.3) is 0 Å². The van der Waals surface area contributed by atoms with Gasteiger partial charge in [0, 0.05) is 30.2 Å². The summed E-state index contributed by atoms with van der Waals surface area (Å²) in [5, 5.41) is 3.50. The first kappa shape index (κ1) is 27.8. The molecule has 0 amide bonds. The molecule has 2 atom stereocenters. The van der Waals surface area contributed by atoms with E-state index in [1.807, 2.05) is 0 Å². The number of anilines is 2. The Morgan fingerprint density at radius 1 is 0.900 bits per heavy atom. The summed E-state index contributed by atoms with van der Waals surface area (Å²) in [5.41, 5.74) is -1.24. The van der Waals surface area contributed by atoms with Crippen LogP contribution < -0.4 is 5.32 Å². The average Bonchev–Trinajstić information content (AvgIpc) is 2.87. The highest BCUT2D eigenvalue weighted by atomic mass is 19.4. The molecule has 1 aliphatic heterocycles. The first-order chi connectivity index (χ1) is 18.9. The van der Waals surface area contributed by atoms with Gasteiger partial charge in [-0.25, -0.2) is 15.0 Å². The van der Waals surface area contributed by atoms with E-state index in [4.69, 9.17) is 0 Å². The summed E-state index contributed by atoms with van der Waals surface area (Å²) >= 11 is 0. The monoisotopic (exact) mass is 560 g/mol. The fraction of sp³-hybridized carbons (Fsp3) is 0.357. The SMILES string of the molecule is CC1CC(C)CN(Cc2nc(Nc3ccc(C(F)(F)F)nc3)c3ccc(-c4ncccc4C(F)(F)F)cc3n2)C1. The van der Waals surface area contributed by atoms with Gasteiger partial charge >= 0.3 is 12.4 Å². The van der Waals surface area contributed by atoms with Crippen LogP contribution in [0.3, 0.4) is 0 Å². The van der Waals surface area contributed by atoms with Crippen molar-refractivity contribution in [2.75, 3.05) is 18.4 Å². The largest absolute Gasteiger partial charge is 0.433 e. The van der Waals surface area contributed by atoms with E-state index in [2.05, 4.69) is 44.0 Å². The van der Waals surface area contributed by atoms with Crippen LogP contribution in [0.5, 0.6) is 0 Å². The second-order valence-electron chi connectivity index (χ2n) is 10.3. The van der Waals surface area contributed by atoms with Gasteiger partial charge in [-0.3, -0.25) is 9.88 Å². The van der Waals surface area contributed by atoms with E-state index < -0.39 is 23.6 Å². The van der Waals surface area contributed by atoms with Crippen LogP contribution in [0.1, 0.15) is 37.4 Å². The molecule has 0 bridgehead atoms. The number of piperidine rings is 1. The van der Waals surface area contributed by atoms with Crippen LogP contribution >= 0.6 is 0 Å². The van der Waals surface area contributed by atoms with Gasteiger partial charge in [0.15, 0.2) is 0 Å². The summed E-state index contributed by atoms with van der Waals surface area (Å²) < 4.78 is 80.0. The molecule has 3 aromatic heterocycles. The maximum absolute atomic E-state index is 13.7. The van der Waals surface area contributed by atoms with Crippen LogP contribution in [0, 0.1) is 11.8 Å². The van der Waals surface area contributed by atoms with Crippen molar-refractivity contribution < 1.29 is 26.3 Å². The minimum absolute atomic E-state index is 0.225. The molecule has 1 N–H and O–H groups in total. The van der Waals surface area contributed by atoms with E-state index in [9.17, 15) is 26.3 Å². The Morgan fingerprint density at radius 2 is 1.65 bits per heavy atom. The molecule has 2 unspecified atom stereocenters. The Balaban J connectivity index is 1.57. The molecule has 5 rings (SSSR count). The van der Waals surface area contributed by atoms with E-state index in [1.54, 1.807) is 6.07 Å². The number of halogens is 6.